The second kappa shape index (κ2) is 5.48. The fourth-order valence-electron chi connectivity index (χ4n) is 2.54. The quantitative estimate of drug-likeness (QED) is 0.877. The molecule has 3 nitrogen and oxygen atoms in total. The second-order valence-corrected chi connectivity index (χ2v) is 6.17. The second-order valence-electron chi connectivity index (χ2n) is 6.17. The predicted molar refractivity (Wildman–Crippen MR) is 74.8 cm³/mol. The minimum atomic E-state index is -4.41. The summed E-state index contributed by atoms with van der Waals surface area (Å²) >= 11 is 0. The Morgan fingerprint density at radius 2 is 1.67 bits per heavy atom. The minimum absolute atomic E-state index is 0.215. The number of hydrogen-bond acceptors (Lipinski definition) is 3. The van der Waals surface area contributed by atoms with E-state index in [0.29, 0.717) is 23.2 Å². The maximum Gasteiger partial charge on any atom is 0.433 e. The summed E-state index contributed by atoms with van der Waals surface area (Å²) in [5, 5.41) is 0. The van der Waals surface area contributed by atoms with Crippen molar-refractivity contribution in [1.82, 2.24) is 4.98 Å². The van der Waals surface area contributed by atoms with Crippen molar-refractivity contribution in [3.05, 3.63) is 23.4 Å². The lowest BCUT2D eigenvalue weighted by Crippen LogP contribution is -2.31. The Balaban J connectivity index is 1.90. The Kier molecular flexibility index (Phi) is 3.82. The lowest BCUT2D eigenvalue weighted by molar-refractivity contribution is -0.141. The van der Waals surface area contributed by atoms with Crippen LogP contribution in [0.4, 0.5) is 19.0 Å². The average molecular weight is 299 g/mol. The fraction of sp³-hybridized carbons (Fsp3) is 0.667. The molecule has 2 saturated carbocycles. The molecule has 0 aliphatic heterocycles. The van der Waals surface area contributed by atoms with E-state index >= 15 is 0 Å². The van der Waals surface area contributed by atoms with Crippen LogP contribution in [0.2, 0.25) is 0 Å². The molecule has 0 spiro atoms. The molecule has 3 rings (SSSR count). The van der Waals surface area contributed by atoms with Crippen LogP contribution < -0.4 is 10.6 Å². The first-order valence-electron chi connectivity index (χ1n) is 7.49. The Bertz CT molecular complexity index is 493. The Morgan fingerprint density at radius 3 is 2.10 bits per heavy atom. The van der Waals surface area contributed by atoms with Gasteiger partial charge in [0.25, 0.3) is 0 Å². The van der Waals surface area contributed by atoms with Crippen molar-refractivity contribution in [1.29, 1.82) is 0 Å². The van der Waals surface area contributed by atoms with Crippen molar-refractivity contribution >= 4 is 5.82 Å². The molecule has 1 heterocycles. The number of alkyl halides is 3. The van der Waals surface area contributed by atoms with Crippen LogP contribution in [-0.4, -0.2) is 18.1 Å². The molecule has 2 aliphatic carbocycles. The van der Waals surface area contributed by atoms with Gasteiger partial charge in [-0.05, 0) is 43.6 Å². The molecule has 0 unspecified atom stereocenters. The van der Waals surface area contributed by atoms with Crippen molar-refractivity contribution in [2.24, 2.45) is 17.6 Å². The molecular formula is C15H20F3N3. The van der Waals surface area contributed by atoms with E-state index in [-0.39, 0.29) is 6.54 Å². The van der Waals surface area contributed by atoms with Crippen LogP contribution in [0.3, 0.4) is 0 Å². The SMILES string of the molecule is NCc1ccc(C(F)(F)F)nc1N(CC1CC1)CC1CC1. The zero-order chi connectivity index (χ0) is 15.0. The minimum Gasteiger partial charge on any atom is -0.356 e. The van der Waals surface area contributed by atoms with Gasteiger partial charge >= 0.3 is 6.18 Å². The number of nitrogens with two attached hydrogens (primary N) is 1. The number of hydrogen-bond donors (Lipinski definition) is 1. The van der Waals surface area contributed by atoms with E-state index in [1.165, 1.54) is 6.07 Å². The molecule has 0 amide bonds. The van der Waals surface area contributed by atoms with E-state index in [0.717, 1.165) is 44.8 Å². The standard InChI is InChI=1S/C15H20F3N3/c16-15(17,18)13-6-5-12(7-19)14(20-13)21(8-10-1-2-10)9-11-3-4-11/h5-6,10-11H,1-4,7-9,19H2. The van der Waals surface area contributed by atoms with Gasteiger partial charge < -0.3 is 10.6 Å². The summed E-state index contributed by atoms with van der Waals surface area (Å²) in [5.41, 5.74) is 5.56. The maximum atomic E-state index is 12.9. The topological polar surface area (TPSA) is 42.1 Å². The highest BCUT2D eigenvalue weighted by Crippen LogP contribution is 2.37. The van der Waals surface area contributed by atoms with Crippen LogP contribution in [0.15, 0.2) is 12.1 Å². The summed E-state index contributed by atoms with van der Waals surface area (Å²) in [5.74, 6) is 1.64. The third kappa shape index (κ3) is 3.67. The van der Waals surface area contributed by atoms with E-state index in [2.05, 4.69) is 4.98 Å². The van der Waals surface area contributed by atoms with E-state index in [1.54, 1.807) is 0 Å². The van der Waals surface area contributed by atoms with Crippen LogP contribution in [0.5, 0.6) is 0 Å². The number of pyridine rings is 1. The molecule has 1 aromatic rings. The zero-order valence-corrected chi connectivity index (χ0v) is 11.9. The smallest absolute Gasteiger partial charge is 0.356 e. The molecule has 2 aliphatic rings. The predicted octanol–water partition coefficient (Wildman–Crippen LogP) is 3.19. The number of halogens is 3. The molecule has 0 aromatic carbocycles. The van der Waals surface area contributed by atoms with E-state index in [1.807, 2.05) is 4.90 Å². The molecule has 116 valence electrons. The largest absolute Gasteiger partial charge is 0.433 e. The first-order valence-corrected chi connectivity index (χ1v) is 7.49. The van der Waals surface area contributed by atoms with Crippen LogP contribution in [0.25, 0.3) is 0 Å². The number of nitrogens with zero attached hydrogens (tertiary/aromatic N) is 2. The van der Waals surface area contributed by atoms with Crippen molar-refractivity contribution in [2.45, 2.75) is 38.4 Å². The van der Waals surface area contributed by atoms with E-state index < -0.39 is 11.9 Å². The van der Waals surface area contributed by atoms with Gasteiger partial charge in [-0.15, -0.1) is 0 Å². The molecule has 0 atom stereocenters. The Hall–Kier alpha value is -1.30. The number of rotatable bonds is 6. The van der Waals surface area contributed by atoms with Gasteiger partial charge in [0, 0.05) is 25.2 Å². The summed E-state index contributed by atoms with van der Waals surface area (Å²) in [6, 6.07) is 2.50. The van der Waals surface area contributed by atoms with Crippen molar-refractivity contribution in [2.75, 3.05) is 18.0 Å². The lowest BCUT2D eigenvalue weighted by Gasteiger charge is -2.26. The summed E-state index contributed by atoms with van der Waals surface area (Å²) < 4.78 is 38.7. The van der Waals surface area contributed by atoms with Crippen molar-refractivity contribution in [3.8, 4) is 0 Å². The van der Waals surface area contributed by atoms with Gasteiger partial charge in [0.05, 0.1) is 0 Å². The van der Waals surface area contributed by atoms with Crippen LogP contribution in [-0.2, 0) is 12.7 Å². The highest BCUT2D eigenvalue weighted by atomic mass is 19.4. The third-order valence-electron chi connectivity index (χ3n) is 4.12. The van der Waals surface area contributed by atoms with E-state index in [9.17, 15) is 13.2 Å². The summed E-state index contributed by atoms with van der Waals surface area (Å²) in [4.78, 5) is 5.93. The summed E-state index contributed by atoms with van der Waals surface area (Å²) in [7, 11) is 0. The molecule has 1 aromatic heterocycles. The summed E-state index contributed by atoms with van der Waals surface area (Å²) in [6.45, 7) is 1.82. The molecule has 0 saturated heterocycles. The fourth-order valence-corrected chi connectivity index (χ4v) is 2.54. The molecule has 0 bridgehead atoms. The van der Waals surface area contributed by atoms with Crippen LogP contribution in [0.1, 0.15) is 36.9 Å². The van der Waals surface area contributed by atoms with Gasteiger partial charge in [-0.25, -0.2) is 4.98 Å². The van der Waals surface area contributed by atoms with Crippen molar-refractivity contribution < 1.29 is 13.2 Å². The first kappa shape index (κ1) is 14.6. The zero-order valence-electron chi connectivity index (χ0n) is 11.9. The van der Waals surface area contributed by atoms with Crippen LogP contribution in [0, 0.1) is 11.8 Å². The molecule has 2 N–H and O–H groups in total. The highest BCUT2D eigenvalue weighted by molar-refractivity contribution is 5.48. The van der Waals surface area contributed by atoms with Crippen LogP contribution >= 0.6 is 0 Å². The van der Waals surface area contributed by atoms with Gasteiger partial charge in [0.1, 0.15) is 11.5 Å². The van der Waals surface area contributed by atoms with Gasteiger partial charge in [-0.3, -0.25) is 0 Å². The molecule has 0 radical (unpaired) electrons. The monoisotopic (exact) mass is 299 g/mol. The highest BCUT2D eigenvalue weighted by Gasteiger charge is 2.35. The summed E-state index contributed by atoms with van der Waals surface area (Å²) in [6.07, 6.45) is 0.249. The van der Waals surface area contributed by atoms with Gasteiger partial charge in [-0.1, -0.05) is 6.07 Å². The normalized spacial score (nSPS) is 18.9. The third-order valence-corrected chi connectivity index (χ3v) is 4.12. The van der Waals surface area contributed by atoms with Gasteiger partial charge in [0.15, 0.2) is 0 Å². The van der Waals surface area contributed by atoms with Gasteiger partial charge in [-0.2, -0.15) is 13.2 Å². The van der Waals surface area contributed by atoms with Crippen molar-refractivity contribution in [3.63, 3.8) is 0 Å². The van der Waals surface area contributed by atoms with Gasteiger partial charge in [0.2, 0.25) is 0 Å². The molecule has 2 fully saturated rings. The maximum absolute atomic E-state index is 12.9. The lowest BCUT2D eigenvalue weighted by atomic mass is 10.2. The Labute approximate surface area is 122 Å². The van der Waals surface area contributed by atoms with E-state index in [4.69, 9.17) is 5.73 Å². The number of anilines is 1. The molecule has 21 heavy (non-hydrogen) atoms. The first-order chi connectivity index (χ1) is 9.97. The molecule has 6 heteroatoms. The average Bonchev–Trinajstić information content (AvgIpc) is 3.31. The molecular weight excluding hydrogens is 279 g/mol. The Morgan fingerprint density at radius 1 is 1.10 bits per heavy atom. The number of aromatic nitrogens is 1.